The molecule has 0 saturated carbocycles. The minimum atomic E-state index is -5.20. The van der Waals surface area contributed by atoms with Crippen molar-refractivity contribution in [2.45, 2.75) is 48.8 Å². The highest BCUT2D eigenvalue weighted by atomic mass is 31.2. The van der Waals surface area contributed by atoms with E-state index in [1.165, 1.54) is 0 Å². The number of aliphatic hydroxyl groups is 8. The molecule has 0 amide bonds. The fraction of sp³-hybridized carbons (Fsp3) is 0.833. The molecular weight excluding hydrogens is 526 g/mol. The summed E-state index contributed by atoms with van der Waals surface area (Å²) in [6.07, 6.45) is -17.6. The summed E-state index contributed by atoms with van der Waals surface area (Å²) in [6, 6.07) is 0. The topological polar surface area (TPSA) is 370 Å². The quantitative estimate of drug-likeness (QED) is 0.0890. The number of phosphoric acid groups is 2. The second kappa shape index (κ2) is 15.1. The first-order valence-corrected chi connectivity index (χ1v) is 11.5. The summed E-state index contributed by atoms with van der Waals surface area (Å²) in [5.74, 6) is -3.91. The highest BCUT2D eigenvalue weighted by Crippen LogP contribution is 2.39. The van der Waals surface area contributed by atoms with Crippen molar-refractivity contribution in [3.63, 3.8) is 0 Å². The van der Waals surface area contributed by atoms with Gasteiger partial charge in [0.25, 0.3) is 0 Å². The molecule has 204 valence electrons. The molecule has 0 fully saturated rings. The summed E-state index contributed by atoms with van der Waals surface area (Å²) in [5, 5.41) is 88.6. The first kappa shape index (κ1) is 35.0. The molecule has 0 rings (SSSR count). The van der Waals surface area contributed by atoms with Crippen LogP contribution < -0.4 is 0 Å². The van der Waals surface area contributed by atoms with E-state index in [1.54, 1.807) is 0 Å². The monoisotopic (exact) mass is 552 g/mol. The number of carboxylic acids is 2. The van der Waals surface area contributed by atoms with Gasteiger partial charge in [-0.15, -0.1) is 0 Å². The molecule has 0 aromatic heterocycles. The maximum Gasteiger partial charge on any atom is 0.470 e. The first-order valence-electron chi connectivity index (χ1n) is 8.43. The van der Waals surface area contributed by atoms with E-state index in [9.17, 15) is 28.9 Å². The van der Waals surface area contributed by atoms with Gasteiger partial charge >= 0.3 is 27.6 Å². The van der Waals surface area contributed by atoms with Crippen molar-refractivity contribution in [2.24, 2.45) is 0 Å². The van der Waals surface area contributed by atoms with Crippen molar-refractivity contribution >= 4 is 27.6 Å². The summed E-state index contributed by atoms with van der Waals surface area (Å²) in [4.78, 5) is 54.6. The van der Waals surface area contributed by atoms with Crippen LogP contribution >= 0.6 is 15.6 Å². The molecule has 8 atom stereocenters. The van der Waals surface area contributed by atoms with Gasteiger partial charge in [0.15, 0.2) is 12.2 Å². The van der Waals surface area contributed by atoms with E-state index >= 15 is 0 Å². The van der Waals surface area contributed by atoms with Crippen LogP contribution in [-0.4, -0.2) is 145 Å². The summed E-state index contributed by atoms with van der Waals surface area (Å²) >= 11 is 0. The van der Waals surface area contributed by atoms with Gasteiger partial charge < -0.3 is 70.6 Å². The molecule has 0 unspecified atom stereocenters. The molecule has 0 aliphatic carbocycles. The number of phosphoric ester groups is 2. The number of carboxylic acid groups (broad SMARTS) is 2. The van der Waals surface area contributed by atoms with Crippen molar-refractivity contribution in [3.8, 4) is 0 Å². The zero-order valence-corrected chi connectivity index (χ0v) is 18.4. The molecule has 0 aliphatic rings. The average molecular weight is 552 g/mol. The van der Waals surface area contributed by atoms with Gasteiger partial charge in [-0.3, -0.25) is 9.05 Å². The van der Waals surface area contributed by atoms with Crippen LogP contribution in [0.3, 0.4) is 0 Å². The maximum absolute atomic E-state index is 10.6. The van der Waals surface area contributed by atoms with E-state index in [2.05, 4.69) is 9.05 Å². The lowest BCUT2D eigenvalue weighted by Gasteiger charge is -2.26. The third-order valence-electron chi connectivity index (χ3n) is 3.47. The molecule has 0 aromatic rings. The normalized spacial score (nSPS) is 19.4. The Morgan fingerprint density at radius 1 is 0.588 bits per heavy atom. The Morgan fingerprint density at radius 2 is 0.824 bits per heavy atom. The van der Waals surface area contributed by atoms with Crippen LogP contribution in [0, 0.1) is 0 Å². The molecule has 0 saturated heterocycles. The Hall–Kier alpha value is -1.16. The Kier molecular flexibility index (Phi) is 15.5. The summed E-state index contributed by atoms with van der Waals surface area (Å²) in [7, 11) is -10.4. The second-order valence-corrected chi connectivity index (χ2v) is 8.56. The molecule has 0 radical (unpaired) electrons. The maximum atomic E-state index is 10.6. The largest absolute Gasteiger partial charge is 0.479 e. The van der Waals surface area contributed by atoms with Crippen LogP contribution in [0.1, 0.15) is 0 Å². The molecule has 0 spiro atoms. The number of hydrogen-bond donors (Lipinski definition) is 14. The van der Waals surface area contributed by atoms with Crippen LogP contribution in [-0.2, 0) is 27.8 Å². The van der Waals surface area contributed by atoms with Crippen LogP contribution in [0.2, 0.25) is 0 Å². The summed E-state index contributed by atoms with van der Waals surface area (Å²) in [5.41, 5.74) is 0. The predicted molar refractivity (Wildman–Crippen MR) is 99.3 cm³/mol. The predicted octanol–water partition coefficient (Wildman–Crippen LogP) is -6.75. The fourth-order valence-electron chi connectivity index (χ4n) is 1.83. The van der Waals surface area contributed by atoms with Gasteiger partial charge in [0.05, 0.1) is 13.2 Å². The number of aliphatic carboxylic acids is 2. The summed E-state index contributed by atoms with van der Waals surface area (Å²) in [6.45, 7) is -1.97. The second-order valence-electron chi connectivity index (χ2n) is 6.17. The van der Waals surface area contributed by atoms with E-state index in [0.29, 0.717) is 0 Å². The van der Waals surface area contributed by atoms with E-state index < -0.39 is 89.6 Å². The minimum absolute atomic E-state index is 0.986. The van der Waals surface area contributed by atoms with Crippen molar-refractivity contribution in [1.29, 1.82) is 0 Å². The molecule has 0 bridgehead atoms. The lowest BCUT2D eigenvalue weighted by Crippen LogP contribution is -2.49. The molecule has 20 nitrogen and oxygen atoms in total. The van der Waals surface area contributed by atoms with Crippen LogP contribution in [0.4, 0.5) is 0 Å². The van der Waals surface area contributed by atoms with Crippen LogP contribution in [0.15, 0.2) is 0 Å². The van der Waals surface area contributed by atoms with Crippen LogP contribution in [0.5, 0.6) is 0 Å². The van der Waals surface area contributed by atoms with Gasteiger partial charge in [0.2, 0.25) is 0 Å². The molecule has 0 aromatic carbocycles. The Morgan fingerprint density at radius 3 is 0.971 bits per heavy atom. The Labute approximate surface area is 189 Å². The van der Waals surface area contributed by atoms with E-state index in [-0.39, 0.29) is 0 Å². The Bertz CT molecular complexity index is 658. The SMILES string of the molecule is O=C(O)[C@H](OP(=O)(O)O)[C@@H](O)[C@H](O)[C@H](O)CO.O=C(O)[C@H](OP(=O)(O)O)[C@@H](O)[C@H](O)[C@H](O)CO. The van der Waals surface area contributed by atoms with Gasteiger partial charge in [0, 0.05) is 0 Å². The minimum Gasteiger partial charge on any atom is -0.479 e. The van der Waals surface area contributed by atoms with Gasteiger partial charge in [-0.25, -0.2) is 18.7 Å². The molecule has 34 heavy (non-hydrogen) atoms. The molecule has 0 heterocycles. The van der Waals surface area contributed by atoms with Crippen molar-refractivity contribution in [1.82, 2.24) is 0 Å². The van der Waals surface area contributed by atoms with Crippen molar-refractivity contribution in [3.05, 3.63) is 0 Å². The zero-order valence-electron chi connectivity index (χ0n) is 16.6. The number of rotatable bonds is 14. The number of aliphatic hydroxyl groups excluding tert-OH is 8. The van der Waals surface area contributed by atoms with E-state index in [0.717, 1.165) is 0 Å². The van der Waals surface area contributed by atoms with Gasteiger partial charge in [-0.05, 0) is 0 Å². The molecule has 0 aliphatic heterocycles. The van der Waals surface area contributed by atoms with Gasteiger partial charge in [0.1, 0.15) is 36.6 Å². The smallest absolute Gasteiger partial charge is 0.470 e. The van der Waals surface area contributed by atoms with Crippen molar-refractivity contribution < 1.29 is 98.4 Å². The molecule has 14 N–H and O–H groups in total. The lowest BCUT2D eigenvalue weighted by molar-refractivity contribution is -0.163. The molecular formula is C12H26O20P2. The van der Waals surface area contributed by atoms with E-state index in [1.807, 2.05) is 0 Å². The fourth-order valence-corrected chi connectivity index (χ4v) is 2.85. The Balaban J connectivity index is 0. The standard InChI is InChI=1S/2C6H13O10P/c2*7-1-2(8)3(9)4(10)5(6(11)12)16-17(13,14)15/h2*2-5,7-10H,1H2,(H,11,12)(H2,13,14,15)/t2*2-,3-,4+,5-/m11/s1. The zero-order chi connectivity index (χ0) is 27.6. The summed E-state index contributed by atoms with van der Waals surface area (Å²) < 4.78 is 28.3. The third-order valence-corrected chi connectivity index (χ3v) is 4.47. The van der Waals surface area contributed by atoms with Crippen LogP contribution in [0.25, 0.3) is 0 Å². The van der Waals surface area contributed by atoms with Gasteiger partial charge in [-0.1, -0.05) is 0 Å². The average Bonchev–Trinajstić information content (AvgIpc) is 2.71. The third kappa shape index (κ3) is 13.7. The number of carbonyl (C=O) groups is 2. The van der Waals surface area contributed by atoms with Gasteiger partial charge in [-0.2, -0.15) is 0 Å². The first-order chi connectivity index (χ1) is 15.2. The number of hydrogen-bond acceptors (Lipinski definition) is 14. The highest BCUT2D eigenvalue weighted by molar-refractivity contribution is 7.46. The highest BCUT2D eigenvalue weighted by Gasteiger charge is 2.41. The molecule has 22 heteroatoms. The van der Waals surface area contributed by atoms with Crippen molar-refractivity contribution in [2.75, 3.05) is 13.2 Å². The van der Waals surface area contributed by atoms with E-state index in [4.69, 9.17) is 60.4 Å². The lowest BCUT2D eigenvalue weighted by atomic mass is 10.0.